The molecule has 0 radical (unpaired) electrons. The highest BCUT2D eigenvalue weighted by atomic mass is 16.3. The van der Waals surface area contributed by atoms with Gasteiger partial charge in [-0.3, -0.25) is 0 Å². The van der Waals surface area contributed by atoms with Crippen LogP contribution in [-0.4, -0.2) is 5.54 Å². The monoisotopic (exact) mass is 128 g/mol. The lowest BCUT2D eigenvalue weighted by molar-refractivity contribution is 0.603. The predicted octanol–water partition coefficient (Wildman–Crippen LogP) is 1.81. The minimum Gasteiger partial charge on any atom is -0.150 e. The van der Waals surface area contributed by atoms with Gasteiger partial charge in [0, 0.05) is 0 Å². The van der Waals surface area contributed by atoms with Crippen molar-refractivity contribution in [2.75, 3.05) is 0 Å². The lowest BCUT2D eigenvalue weighted by Crippen LogP contribution is -2.16. The minimum atomic E-state index is -1.05. The van der Waals surface area contributed by atoms with Gasteiger partial charge in [0.25, 0.3) is 0 Å². The fourth-order valence-corrected chi connectivity index (χ4v) is 0.164. The molecule has 0 aromatic heterocycles. The van der Waals surface area contributed by atoms with Crippen molar-refractivity contribution in [2.45, 2.75) is 19.4 Å². The van der Waals surface area contributed by atoms with Crippen LogP contribution in [0, 0.1) is 9.81 Å². The molecule has 0 N–H and O–H groups in total. The summed E-state index contributed by atoms with van der Waals surface area (Å²) >= 11 is 0. The first-order valence-corrected chi connectivity index (χ1v) is 2.42. The Morgan fingerprint density at radius 1 is 1.44 bits per heavy atom. The van der Waals surface area contributed by atoms with Crippen LogP contribution in [0.25, 0.3) is 0 Å². The van der Waals surface area contributed by atoms with Gasteiger partial charge in [0.2, 0.25) is 0 Å². The molecule has 0 aliphatic heterocycles. The van der Waals surface area contributed by atoms with Crippen molar-refractivity contribution in [1.82, 2.24) is 0 Å². The molecule has 0 aliphatic rings. The average Bonchev–Trinajstić information content (AvgIpc) is 1.86. The maximum atomic E-state index is 9.92. The summed E-state index contributed by atoms with van der Waals surface area (Å²) in [6, 6.07) is 0. The normalized spacial score (nSPS) is 10.4. The van der Waals surface area contributed by atoms with Crippen molar-refractivity contribution in [2.24, 2.45) is 10.4 Å². The van der Waals surface area contributed by atoms with Crippen LogP contribution in [0.1, 0.15) is 13.8 Å². The predicted molar refractivity (Wildman–Crippen MR) is 34.8 cm³/mol. The smallest absolute Gasteiger partial charge is 0.142 e. The fraction of sp³-hybridized carbons (Fsp3) is 0.600. The highest BCUT2D eigenvalue weighted by Crippen LogP contribution is 2.18. The van der Waals surface area contributed by atoms with E-state index in [1.807, 2.05) is 0 Å². The summed E-state index contributed by atoms with van der Waals surface area (Å²) in [5.41, 5.74) is -1.10. The number of hydrogen-bond acceptors (Lipinski definition) is 4. The molecule has 0 rings (SSSR count). The van der Waals surface area contributed by atoms with Crippen molar-refractivity contribution in [3.05, 3.63) is 22.1 Å². The van der Waals surface area contributed by atoms with Gasteiger partial charge in [-0.2, -0.15) is 0 Å². The SMILES string of the molecule is C=C(N=O)C(C)(C)N=O. The van der Waals surface area contributed by atoms with E-state index in [0.29, 0.717) is 0 Å². The second-order valence-corrected chi connectivity index (χ2v) is 2.19. The second kappa shape index (κ2) is 2.48. The van der Waals surface area contributed by atoms with E-state index in [-0.39, 0.29) is 5.70 Å². The summed E-state index contributed by atoms with van der Waals surface area (Å²) in [5.74, 6) is 0. The first-order chi connectivity index (χ1) is 4.04. The van der Waals surface area contributed by atoms with Crippen molar-refractivity contribution >= 4 is 0 Å². The van der Waals surface area contributed by atoms with Crippen LogP contribution in [-0.2, 0) is 0 Å². The molecular formula is C5H8N2O2. The Morgan fingerprint density at radius 2 is 1.89 bits per heavy atom. The Labute approximate surface area is 52.9 Å². The molecule has 0 saturated heterocycles. The van der Waals surface area contributed by atoms with Gasteiger partial charge in [0.1, 0.15) is 11.2 Å². The van der Waals surface area contributed by atoms with Crippen molar-refractivity contribution in [3.63, 3.8) is 0 Å². The second-order valence-electron chi connectivity index (χ2n) is 2.19. The molecule has 0 spiro atoms. The summed E-state index contributed by atoms with van der Waals surface area (Å²) in [6.07, 6.45) is 0. The van der Waals surface area contributed by atoms with E-state index in [1.165, 1.54) is 13.8 Å². The quantitative estimate of drug-likeness (QED) is 0.544. The van der Waals surface area contributed by atoms with E-state index in [9.17, 15) is 9.81 Å². The molecule has 0 bridgehead atoms. The maximum Gasteiger partial charge on any atom is 0.142 e. The van der Waals surface area contributed by atoms with Crippen LogP contribution < -0.4 is 0 Å². The zero-order chi connectivity index (χ0) is 7.49. The van der Waals surface area contributed by atoms with Crippen LogP contribution in [0.5, 0.6) is 0 Å². The Morgan fingerprint density at radius 3 is 2.00 bits per heavy atom. The Kier molecular flexibility index (Phi) is 2.19. The zero-order valence-corrected chi connectivity index (χ0v) is 5.42. The largest absolute Gasteiger partial charge is 0.150 e. The lowest BCUT2D eigenvalue weighted by Gasteiger charge is -2.10. The van der Waals surface area contributed by atoms with Crippen LogP contribution in [0.2, 0.25) is 0 Å². The molecule has 0 aromatic carbocycles. The maximum absolute atomic E-state index is 9.92. The van der Waals surface area contributed by atoms with Gasteiger partial charge in [0.15, 0.2) is 0 Å². The Balaban J connectivity index is 4.31. The number of hydrogen-bond donors (Lipinski definition) is 0. The molecular weight excluding hydrogens is 120 g/mol. The highest BCUT2D eigenvalue weighted by molar-refractivity contribution is 5.10. The third-order valence-electron chi connectivity index (χ3n) is 1.04. The summed E-state index contributed by atoms with van der Waals surface area (Å²) in [7, 11) is 0. The fourth-order valence-electron chi connectivity index (χ4n) is 0.164. The average molecular weight is 128 g/mol. The molecule has 0 aliphatic carbocycles. The van der Waals surface area contributed by atoms with Gasteiger partial charge >= 0.3 is 0 Å². The molecule has 0 unspecified atom stereocenters. The van der Waals surface area contributed by atoms with E-state index < -0.39 is 5.54 Å². The van der Waals surface area contributed by atoms with Crippen molar-refractivity contribution in [3.8, 4) is 0 Å². The number of nitroso groups, excluding NO2 is 2. The van der Waals surface area contributed by atoms with Crippen molar-refractivity contribution in [1.29, 1.82) is 0 Å². The zero-order valence-electron chi connectivity index (χ0n) is 5.42. The minimum absolute atomic E-state index is 0.0440. The van der Waals surface area contributed by atoms with E-state index in [4.69, 9.17) is 0 Å². The van der Waals surface area contributed by atoms with Gasteiger partial charge in [-0.25, -0.2) is 0 Å². The van der Waals surface area contributed by atoms with Gasteiger partial charge in [-0.1, -0.05) is 11.8 Å². The Hall–Kier alpha value is -1.06. The molecule has 0 fully saturated rings. The summed E-state index contributed by atoms with van der Waals surface area (Å²) in [5, 5.41) is 5.14. The van der Waals surface area contributed by atoms with Crippen LogP contribution in [0.4, 0.5) is 0 Å². The van der Waals surface area contributed by atoms with Gasteiger partial charge in [0.05, 0.1) is 0 Å². The topological polar surface area (TPSA) is 58.9 Å². The standard InChI is InChI=1S/C5H8N2O2/c1-4(6-8)5(2,3)7-9/h1H2,2-3H3. The lowest BCUT2D eigenvalue weighted by atomic mass is 10.0. The van der Waals surface area contributed by atoms with Crippen LogP contribution in [0.15, 0.2) is 22.6 Å². The molecule has 0 atom stereocenters. The van der Waals surface area contributed by atoms with Crippen LogP contribution >= 0.6 is 0 Å². The molecule has 9 heavy (non-hydrogen) atoms. The summed E-state index contributed by atoms with van der Waals surface area (Å²) < 4.78 is 0. The third kappa shape index (κ3) is 1.71. The van der Waals surface area contributed by atoms with Gasteiger partial charge in [-0.05, 0) is 19.0 Å². The first-order valence-electron chi connectivity index (χ1n) is 2.42. The van der Waals surface area contributed by atoms with E-state index in [1.54, 1.807) is 0 Å². The molecule has 50 valence electrons. The van der Waals surface area contributed by atoms with Gasteiger partial charge < -0.3 is 0 Å². The third-order valence-corrected chi connectivity index (χ3v) is 1.04. The molecule has 0 heterocycles. The van der Waals surface area contributed by atoms with Crippen molar-refractivity contribution < 1.29 is 0 Å². The summed E-state index contributed by atoms with van der Waals surface area (Å²) in [6.45, 7) is 6.19. The molecule has 0 amide bonds. The van der Waals surface area contributed by atoms with E-state index in [0.717, 1.165) is 0 Å². The molecule has 4 heteroatoms. The number of nitrogens with zero attached hydrogens (tertiary/aromatic N) is 2. The molecule has 0 saturated carbocycles. The first kappa shape index (κ1) is 7.94. The number of rotatable bonds is 3. The van der Waals surface area contributed by atoms with E-state index >= 15 is 0 Å². The Bertz CT molecular complexity index is 151. The molecule has 4 nitrogen and oxygen atoms in total. The molecule has 0 aromatic rings. The van der Waals surface area contributed by atoms with Crippen LogP contribution in [0.3, 0.4) is 0 Å². The summed E-state index contributed by atoms with van der Waals surface area (Å²) in [4.78, 5) is 19.7. The van der Waals surface area contributed by atoms with E-state index in [2.05, 4.69) is 16.9 Å². The van der Waals surface area contributed by atoms with Gasteiger partial charge in [-0.15, -0.1) is 9.81 Å². The highest BCUT2D eigenvalue weighted by Gasteiger charge is 2.23.